The fourth-order valence-electron chi connectivity index (χ4n) is 2.92. The number of rotatable bonds is 5. The quantitative estimate of drug-likeness (QED) is 0.548. The number of hydrogen-bond acceptors (Lipinski definition) is 6. The Labute approximate surface area is 164 Å². The maximum atomic E-state index is 13.3. The van der Waals surface area contributed by atoms with E-state index in [0.717, 1.165) is 32.5 Å². The molecule has 0 bridgehead atoms. The van der Waals surface area contributed by atoms with Crippen molar-refractivity contribution in [1.29, 1.82) is 0 Å². The van der Waals surface area contributed by atoms with Crippen molar-refractivity contribution in [3.8, 4) is 0 Å². The number of carbonyl (C=O) groups is 1. The summed E-state index contributed by atoms with van der Waals surface area (Å²) >= 11 is 3.09. The molecule has 3 rings (SSSR count). The van der Waals surface area contributed by atoms with Gasteiger partial charge in [-0.1, -0.05) is 6.92 Å². The lowest BCUT2D eigenvalue weighted by Crippen LogP contribution is -2.38. The highest BCUT2D eigenvalue weighted by atomic mass is 79.9. The van der Waals surface area contributed by atoms with Crippen molar-refractivity contribution in [2.45, 2.75) is 19.8 Å². The molecule has 0 aliphatic carbocycles. The molecule has 1 fully saturated rings. The maximum Gasteiger partial charge on any atom is 0.228 e. The highest BCUT2D eigenvalue weighted by molar-refractivity contribution is 9.10. The Morgan fingerprint density at radius 1 is 1.44 bits per heavy atom. The van der Waals surface area contributed by atoms with Crippen molar-refractivity contribution in [1.82, 2.24) is 15.2 Å². The third kappa shape index (κ3) is 4.69. The van der Waals surface area contributed by atoms with Crippen LogP contribution in [0.25, 0.3) is 0 Å². The number of hydrogen-bond donors (Lipinski definition) is 2. The van der Waals surface area contributed by atoms with Crippen LogP contribution in [0.15, 0.2) is 32.3 Å². The molecule has 144 valence electrons. The smallest absolute Gasteiger partial charge is 0.228 e. The van der Waals surface area contributed by atoms with Crippen LogP contribution < -0.4 is 11.1 Å². The van der Waals surface area contributed by atoms with E-state index in [1.807, 2.05) is 0 Å². The molecule has 2 heterocycles. The second kappa shape index (κ2) is 8.57. The lowest BCUT2D eigenvalue weighted by atomic mass is 9.96. The number of nitrogens with two attached hydrogens (primary N) is 1. The van der Waals surface area contributed by atoms with Crippen molar-refractivity contribution in [3.05, 3.63) is 34.2 Å². The summed E-state index contributed by atoms with van der Waals surface area (Å²) in [5.41, 5.74) is 6.53. The SMILES string of the molecule is CCN1CCC(C(=O)Nc2nonc2C(N)=Nc2ccc(F)c(Br)c2)CC1. The first-order chi connectivity index (χ1) is 13.0. The Hall–Kier alpha value is -2.33. The number of amides is 1. The molecule has 1 aromatic heterocycles. The second-order valence-corrected chi connectivity index (χ2v) is 7.11. The van der Waals surface area contributed by atoms with Gasteiger partial charge in [0, 0.05) is 5.92 Å². The topological polar surface area (TPSA) is 110 Å². The fourth-order valence-corrected chi connectivity index (χ4v) is 3.28. The lowest BCUT2D eigenvalue weighted by molar-refractivity contribution is -0.121. The van der Waals surface area contributed by atoms with Gasteiger partial charge in [0.2, 0.25) is 11.7 Å². The predicted octanol–water partition coefficient (Wildman–Crippen LogP) is 2.68. The first-order valence-corrected chi connectivity index (χ1v) is 9.42. The zero-order valence-electron chi connectivity index (χ0n) is 14.8. The molecule has 0 unspecified atom stereocenters. The van der Waals surface area contributed by atoms with E-state index in [0.29, 0.717) is 5.69 Å². The van der Waals surface area contributed by atoms with Crippen LogP contribution in [0.3, 0.4) is 0 Å². The molecular formula is C17H20BrFN6O2. The zero-order valence-corrected chi connectivity index (χ0v) is 16.4. The number of carbonyl (C=O) groups excluding carboxylic acids is 1. The minimum atomic E-state index is -0.405. The van der Waals surface area contributed by atoms with Gasteiger partial charge in [0.1, 0.15) is 5.82 Å². The van der Waals surface area contributed by atoms with Gasteiger partial charge in [0.05, 0.1) is 10.2 Å². The predicted molar refractivity (Wildman–Crippen MR) is 102 cm³/mol. The number of nitrogens with one attached hydrogen (secondary N) is 1. The summed E-state index contributed by atoms with van der Waals surface area (Å²) in [7, 11) is 0. The van der Waals surface area contributed by atoms with Crippen LogP contribution in [0.2, 0.25) is 0 Å². The normalized spacial score (nSPS) is 16.5. The number of halogens is 2. The molecule has 10 heteroatoms. The van der Waals surface area contributed by atoms with E-state index in [1.165, 1.54) is 18.2 Å². The van der Waals surface area contributed by atoms with Gasteiger partial charge in [-0.2, -0.15) is 0 Å². The van der Waals surface area contributed by atoms with Gasteiger partial charge in [-0.05, 0) is 76.9 Å². The van der Waals surface area contributed by atoms with Gasteiger partial charge < -0.3 is 16.0 Å². The molecule has 27 heavy (non-hydrogen) atoms. The van der Waals surface area contributed by atoms with Gasteiger partial charge in [-0.3, -0.25) is 4.79 Å². The van der Waals surface area contributed by atoms with E-state index in [-0.39, 0.29) is 33.6 Å². The van der Waals surface area contributed by atoms with Gasteiger partial charge in [-0.25, -0.2) is 14.0 Å². The van der Waals surface area contributed by atoms with Crippen molar-refractivity contribution in [2.24, 2.45) is 16.6 Å². The number of aromatic nitrogens is 2. The minimum absolute atomic E-state index is 0.00543. The third-order valence-corrected chi connectivity index (χ3v) is 5.14. The Morgan fingerprint density at radius 2 is 2.19 bits per heavy atom. The summed E-state index contributed by atoms with van der Waals surface area (Å²) in [6.07, 6.45) is 1.57. The molecule has 0 radical (unpaired) electrons. The number of aliphatic imine (C=N–C) groups is 1. The fraction of sp³-hybridized carbons (Fsp3) is 0.412. The van der Waals surface area contributed by atoms with E-state index in [9.17, 15) is 9.18 Å². The average Bonchev–Trinajstić information content (AvgIpc) is 3.13. The monoisotopic (exact) mass is 438 g/mol. The first-order valence-electron chi connectivity index (χ1n) is 8.63. The Morgan fingerprint density at radius 3 is 2.85 bits per heavy atom. The number of anilines is 1. The highest BCUT2D eigenvalue weighted by Gasteiger charge is 2.26. The molecule has 1 aliphatic rings. The maximum absolute atomic E-state index is 13.3. The second-order valence-electron chi connectivity index (χ2n) is 6.25. The van der Waals surface area contributed by atoms with E-state index in [2.05, 4.69) is 48.4 Å². The van der Waals surface area contributed by atoms with Crippen LogP contribution in [-0.2, 0) is 4.79 Å². The summed E-state index contributed by atoms with van der Waals surface area (Å²) in [6.45, 7) is 4.87. The summed E-state index contributed by atoms with van der Waals surface area (Å²) in [6, 6.07) is 4.22. The van der Waals surface area contributed by atoms with Crippen molar-refractivity contribution < 1.29 is 13.8 Å². The molecule has 1 aromatic carbocycles. The zero-order chi connectivity index (χ0) is 19.4. The molecular weight excluding hydrogens is 419 g/mol. The molecule has 0 saturated carbocycles. The summed E-state index contributed by atoms with van der Waals surface area (Å²) in [5.74, 6) is -0.507. The number of nitrogens with zero attached hydrogens (tertiary/aromatic N) is 4. The molecule has 0 atom stereocenters. The number of benzene rings is 1. The van der Waals surface area contributed by atoms with Crippen molar-refractivity contribution >= 4 is 39.2 Å². The Bertz CT molecular complexity index is 848. The molecule has 0 spiro atoms. The lowest BCUT2D eigenvalue weighted by Gasteiger charge is -2.29. The molecule has 3 N–H and O–H groups in total. The Kier molecular flexibility index (Phi) is 6.17. The number of piperidine rings is 1. The van der Waals surface area contributed by atoms with Gasteiger partial charge in [0.15, 0.2) is 11.5 Å². The summed E-state index contributed by atoms with van der Waals surface area (Å²) < 4.78 is 18.3. The Balaban J connectivity index is 1.70. The van der Waals surface area contributed by atoms with Crippen LogP contribution in [0.5, 0.6) is 0 Å². The van der Waals surface area contributed by atoms with Gasteiger partial charge in [-0.15, -0.1) is 0 Å². The van der Waals surface area contributed by atoms with Crippen LogP contribution in [-0.4, -0.2) is 46.6 Å². The van der Waals surface area contributed by atoms with E-state index < -0.39 is 5.82 Å². The van der Waals surface area contributed by atoms with Crippen LogP contribution in [0.4, 0.5) is 15.9 Å². The summed E-state index contributed by atoms with van der Waals surface area (Å²) in [5, 5.41) is 10.2. The molecule has 1 amide bonds. The van der Waals surface area contributed by atoms with E-state index >= 15 is 0 Å². The number of likely N-dealkylation sites (tertiary alicyclic amines) is 1. The average molecular weight is 439 g/mol. The van der Waals surface area contributed by atoms with Gasteiger partial charge >= 0.3 is 0 Å². The number of amidine groups is 1. The van der Waals surface area contributed by atoms with E-state index in [1.54, 1.807) is 0 Å². The van der Waals surface area contributed by atoms with E-state index in [4.69, 9.17) is 10.4 Å². The van der Waals surface area contributed by atoms with Crippen LogP contribution in [0, 0.1) is 11.7 Å². The molecule has 1 saturated heterocycles. The van der Waals surface area contributed by atoms with Crippen molar-refractivity contribution in [2.75, 3.05) is 25.0 Å². The van der Waals surface area contributed by atoms with Crippen molar-refractivity contribution in [3.63, 3.8) is 0 Å². The first kappa shape index (κ1) is 19.4. The molecule has 8 nitrogen and oxygen atoms in total. The van der Waals surface area contributed by atoms with Crippen LogP contribution in [0.1, 0.15) is 25.5 Å². The highest BCUT2D eigenvalue weighted by Crippen LogP contribution is 2.23. The minimum Gasteiger partial charge on any atom is -0.382 e. The molecule has 2 aromatic rings. The largest absolute Gasteiger partial charge is 0.382 e. The van der Waals surface area contributed by atoms with Gasteiger partial charge in [0.25, 0.3) is 0 Å². The van der Waals surface area contributed by atoms with Crippen LogP contribution >= 0.6 is 15.9 Å². The summed E-state index contributed by atoms with van der Waals surface area (Å²) in [4.78, 5) is 19.0. The third-order valence-electron chi connectivity index (χ3n) is 4.53. The standard InChI is InChI=1S/C17H20BrFN6O2/c1-2-25-7-5-10(6-8-25)17(26)22-16-14(23-27-24-16)15(20)21-11-3-4-13(19)12(18)9-11/h3-4,9-10H,2,5-8H2,1H3,(H2,20,21)(H,22,24,26). The molecule has 1 aliphatic heterocycles.